The predicted molar refractivity (Wildman–Crippen MR) is 71.7 cm³/mol. The van der Waals surface area contributed by atoms with E-state index in [1.807, 2.05) is 0 Å². The van der Waals surface area contributed by atoms with Crippen molar-refractivity contribution in [1.29, 1.82) is 0 Å². The first-order chi connectivity index (χ1) is 9.24. The number of hydrogen-bond donors (Lipinski definition) is 1. The highest BCUT2D eigenvalue weighted by atomic mass is 32.2. The summed E-state index contributed by atoms with van der Waals surface area (Å²) in [6.45, 7) is 2.41. The lowest BCUT2D eigenvalue weighted by atomic mass is 9.95. The number of anilines is 1. The van der Waals surface area contributed by atoms with E-state index in [0.717, 1.165) is 0 Å². The van der Waals surface area contributed by atoms with Gasteiger partial charge in [-0.1, -0.05) is 12.1 Å². The number of hydrogen-bond acceptors (Lipinski definition) is 4. The van der Waals surface area contributed by atoms with Crippen LogP contribution in [0.3, 0.4) is 0 Å². The molecule has 0 radical (unpaired) electrons. The van der Waals surface area contributed by atoms with E-state index < -0.39 is 21.2 Å². The summed E-state index contributed by atoms with van der Waals surface area (Å²) in [6, 6.07) is 5.70. The molecule has 4 nitrogen and oxygen atoms in total. The Morgan fingerprint density at radius 3 is 2.60 bits per heavy atom. The third-order valence-corrected chi connectivity index (χ3v) is 4.85. The minimum absolute atomic E-state index is 0.225. The van der Waals surface area contributed by atoms with Crippen molar-refractivity contribution in [2.75, 3.05) is 18.0 Å². The maximum absolute atomic E-state index is 12.7. The molecule has 1 aromatic carbocycles. The maximum atomic E-state index is 12.7. The molecule has 0 saturated carbocycles. The van der Waals surface area contributed by atoms with Gasteiger partial charge in [0.1, 0.15) is 0 Å². The Labute approximate surface area is 116 Å². The SMILES string of the molecule is CC1(O)CCCN(c2ccccc2S(=O)(=O)C(F)F)C1. The first-order valence-corrected chi connectivity index (χ1v) is 7.87. The van der Waals surface area contributed by atoms with Crippen LogP contribution in [0.1, 0.15) is 19.8 Å². The molecule has 1 aromatic rings. The second kappa shape index (κ2) is 5.29. The number of aliphatic hydroxyl groups is 1. The van der Waals surface area contributed by atoms with Crippen molar-refractivity contribution in [3.63, 3.8) is 0 Å². The molecule has 0 aliphatic carbocycles. The van der Waals surface area contributed by atoms with Gasteiger partial charge in [-0.05, 0) is 31.9 Å². The molecular weight excluding hydrogens is 288 g/mol. The number of piperidine rings is 1. The van der Waals surface area contributed by atoms with E-state index in [0.29, 0.717) is 19.4 Å². The van der Waals surface area contributed by atoms with Crippen LogP contribution in [0, 0.1) is 0 Å². The molecule has 0 amide bonds. The second-order valence-electron chi connectivity index (χ2n) is 5.30. The van der Waals surface area contributed by atoms with Crippen molar-refractivity contribution in [2.24, 2.45) is 0 Å². The number of para-hydroxylation sites is 1. The minimum atomic E-state index is -4.65. The van der Waals surface area contributed by atoms with E-state index in [-0.39, 0.29) is 17.1 Å². The topological polar surface area (TPSA) is 57.6 Å². The van der Waals surface area contributed by atoms with Crippen LogP contribution in [0.15, 0.2) is 29.2 Å². The summed E-state index contributed by atoms with van der Waals surface area (Å²) in [5.74, 6) is -3.45. The Hall–Kier alpha value is -1.21. The molecule has 112 valence electrons. The van der Waals surface area contributed by atoms with Gasteiger partial charge >= 0.3 is 5.76 Å². The number of sulfone groups is 1. The molecule has 1 aliphatic rings. The Kier molecular flexibility index (Phi) is 4.02. The van der Waals surface area contributed by atoms with E-state index in [4.69, 9.17) is 0 Å². The van der Waals surface area contributed by atoms with Gasteiger partial charge in [0.05, 0.1) is 16.2 Å². The predicted octanol–water partition coefficient (Wildman–Crippen LogP) is 2.03. The molecule has 2 rings (SSSR count). The molecule has 0 bridgehead atoms. The monoisotopic (exact) mass is 305 g/mol. The van der Waals surface area contributed by atoms with Crippen molar-refractivity contribution >= 4 is 15.5 Å². The average molecular weight is 305 g/mol. The van der Waals surface area contributed by atoms with Gasteiger partial charge in [0.2, 0.25) is 9.84 Å². The molecule has 1 atom stereocenters. The van der Waals surface area contributed by atoms with Crippen LogP contribution >= 0.6 is 0 Å². The van der Waals surface area contributed by atoms with E-state index in [1.165, 1.54) is 18.2 Å². The summed E-state index contributed by atoms with van der Waals surface area (Å²) < 4.78 is 48.9. The third-order valence-electron chi connectivity index (χ3n) is 3.42. The molecule has 1 N–H and O–H groups in total. The van der Waals surface area contributed by atoms with E-state index in [1.54, 1.807) is 17.9 Å². The van der Waals surface area contributed by atoms with Crippen molar-refractivity contribution in [2.45, 2.75) is 36.0 Å². The van der Waals surface area contributed by atoms with Gasteiger partial charge in [0, 0.05) is 13.1 Å². The highest BCUT2D eigenvalue weighted by Gasteiger charge is 2.34. The van der Waals surface area contributed by atoms with Gasteiger partial charge in [-0.3, -0.25) is 0 Å². The van der Waals surface area contributed by atoms with Crippen LogP contribution in [0.5, 0.6) is 0 Å². The van der Waals surface area contributed by atoms with E-state index >= 15 is 0 Å². The number of β-amino-alcohol motifs (C(OH)–C–C–N with tert-alkyl or cyclic N) is 1. The molecule has 20 heavy (non-hydrogen) atoms. The molecular formula is C13H17F2NO3S. The molecule has 1 saturated heterocycles. The molecule has 1 heterocycles. The van der Waals surface area contributed by atoms with Gasteiger partial charge in [0.25, 0.3) is 0 Å². The first kappa shape index (κ1) is 15.2. The molecule has 0 spiro atoms. The van der Waals surface area contributed by atoms with Gasteiger partial charge in [-0.2, -0.15) is 8.78 Å². The Morgan fingerprint density at radius 1 is 1.35 bits per heavy atom. The summed E-state index contributed by atoms with van der Waals surface area (Å²) in [5, 5.41) is 10.1. The summed E-state index contributed by atoms with van der Waals surface area (Å²) in [5.41, 5.74) is -0.715. The lowest BCUT2D eigenvalue weighted by Crippen LogP contribution is -2.46. The van der Waals surface area contributed by atoms with Crippen LogP contribution < -0.4 is 4.90 Å². The summed E-state index contributed by atoms with van der Waals surface area (Å²) in [4.78, 5) is 1.27. The zero-order valence-electron chi connectivity index (χ0n) is 11.1. The quantitative estimate of drug-likeness (QED) is 0.928. The lowest BCUT2D eigenvalue weighted by molar-refractivity contribution is 0.0448. The van der Waals surface area contributed by atoms with Crippen LogP contribution in [-0.4, -0.2) is 38.0 Å². The summed E-state index contributed by atoms with van der Waals surface area (Å²) >= 11 is 0. The molecule has 1 fully saturated rings. The molecule has 1 aliphatic heterocycles. The molecule has 7 heteroatoms. The minimum Gasteiger partial charge on any atom is -0.388 e. The van der Waals surface area contributed by atoms with Crippen molar-refractivity contribution in [3.05, 3.63) is 24.3 Å². The van der Waals surface area contributed by atoms with Crippen LogP contribution in [-0.2, 0) is 9.84 Å². The fourth-order valence-corrected chi connectivity index (χ4v) is 3.43. The van der Waals surface area contributed by atoms with Crippen LogP contribution in [0.4, 0.5) is 14.5 Å². The highest BCUT2D eigenvalue weighted by Crippen LogP contribution is 2.32. The summed E-state index contributed by atoms with van der Waals surface area (Å²) in [7, 11) is -4.65. The van der Waals surface area contributed by atoms with Crippen molar-refractivity contribution in [1.82, 2.24) is 0 Å². The van der Waals surface area contributed by atoms with Crippen LogP contribution in [0.2, 0.25) is 0 Å². The van der Waals surface area contributed by atoms with Gasteiger partial charge in [-0.25, -0.2) is 8.42 Å². The lowest BCUT2D eigenvalue weighted by Gasteiger charge is -2.38. The van der Waals surface area contributed by atoms with Crippen molar-refractivity contribution in [3.8, 4) is 0 Å². The second-order valence-corrected chi connectivity index (χ2v) is 7.18. The van der Waals surface area contributed by atoms with Crippen LogP contribution in [0.25, 0.3) is 0 Å². The number of benzene rings is 1. The largest absolute Gasteiger partial charge is 0.388 e. The fourth-order valence-electron chi connectivity index (χ4n) is 2.48. The number of rotatable bonds is 3. The summed E-state index contributed by atoms with van der Waals surface area (Å²) in [6.07, 6.45) is 1.28. The number of nitrogens with zero attached hydrogens (tertiary/aromatic N) is 1. The zero-order valence-corrected chi connectivity index (χ0v) is 11.9. The number of alkyl halides is 2. The first-order valence-electron chi connectivity index (χ1n) is 6.32. The van der Waals surface area contributed by atoms with E-state index in [2.05, 4.69) is 0 Å². The van der Waals surface area contributed by atoms with Crippen molar-refractivity contribution < 1.29 is 22.3 Å². The third kappa shape index (κ3) is 2.93. The van der Waals surface area contributed by atoms with Gasteiger partial charge in [-0.15, -0.1) is 0 Å². The molecule has 1 unspecified atom stereocenters. The Bertz CT molecular complexity index is 587. The Morgan fingerprint density at radius 2 is 2.00 bits per heavy atom. The zero-order chi connectivity index (χ0) is 15.0. The highest BCUT2D eigenvalue weighted by molar-refractivity contribution is 7.91. The number of halogens is 2. The van der Waals surface area contributed by atoms with E-state index in [9.17, 15) is 22.3 Å². The Balaban J connectivity index is 2.43. The maximum Gasteiger partial charge on any atom is 0.341 e. The van der Waals surface area contributed by atoms with Gasteiger partial charge in [0.15, 0.2) is 0 Å². The molecule has 0 aromatic heterocycles. The van der Waals surface area contributed by atoms with Gasteiger partial charge < -0.3 is 10.0 Å². The standard InChI is InChI=1S/C13H17F2NO3S/c1-13(17)7-4-8-16(9-13)10-5-2-3-6-11(10)20(18,19)12(14)15/h2-3,5-6,12,17H,4,7-9H2,1H3. The smallest absolute Gasteiger partial charge is 0.341 e. The average Bonchev–Trinajstić information content (AvgIpc) is 2.37. The fraction of sp³-hybridized carbons (Fsp3) is 0.538. The normalized spacial score (nSPS) is 24.1.